The Morgan fingerprint density at radius 3 is 2.33 bits per heavy atom. The van der Waals surface area contributed by atoms with Gasteiger partial charge in [0.05, 0.1) is 11.4 Å². The molecule has 104 valence electrons. The Kier molecular flexibility index (Phi) is 3.60. The molecule has 0 atom stereocenters. The van der Waals surface area contributed by atoms with Gasteiger partial charge >= 0.3 is 0 Å². The van der Waals surface area contributed by atoms with E-state index >= 15 is 0 Å². The summed E-state index contributed by atoms with van der Waals surface area (Å²) in [5.74, 6) is 0.925. The normalized spacial score (nSPS) is 10.4. The molecule has 3 aromatic rings. The molecule has 0 saturated carbocycles. The van der Waals surface area contributed by atoms with E-state index in [1.807, 2.05) is 67.7 Å². The summed E-state index contributed by atoms with van der Waals surface area (Å²) in [7, 11) is 3.95. The maximum Gasteiger partial charge on any atom is 0.127 e. The first-order valence-electron chi connectivity index (χ1n) is 6.76. The van der Waals surface area contributed by atoms with Crippen molar-refractivity contribution in [1.82, 2.24) is 15.0 Å². The van der Waals surface area contributed by atoms with Crippen LogP contribution >= 0.6 is 0 Å². The third-order valence-electron chi connectivity index (χ3n) is 3.23. The predicted molar refractivity (Wildman–Crippen MR) is 85.0 cm³/mol. The van der Waals surface area contributed by atoms with Crippen LogP contribution in [0.3, 0.4) is 0 Å². The fourth-order valence-corrected chi connectivity index (χ4v) is 2.15. The minimum absolute atomic E-state index is 0.897. The maximum atomic E-state index is 4.51. The molecule has 0 spiro atoms. The Morgan fingerprint density at radius 1 is 0.810 bits per heavy atom. The molecule has 0 saturated heterocycles. The topological polar surface area (TPSA) is 41.9 Å². The zero-order valence-electron chi connectivity index (χ0n) is 12.1. The van der Waals surface area contributed by atoms with E-state index in [4.69, 9.17) is 0 Å². The first-order chi connectivity index (χ1) is 10.3. The minimum atomic E-state index is 0.897. The number of hydrogen-bond acceptors (Lipinski definition) is 4. The summed E-state index contributed by atoms with van der Waals surface area (Å²) in [6.07, 6.45) is 5.44. The average Bonchev–Trinajstić information content (AvgIpc) is 2.56. The van der Waals surface area contributed by atoms with Crippen molar-refractivity contribution in [3.05, 3.63) is 61.1 Å². The van der Waals surface area contributed by atoms with E-state index in [1.54, 1.807) is 12.4 Å². The van der Waals surface area contributed by atoms with E-state index in [-0.39, 0.29) is 0 Å². The number of rotatable bonds is 3. The van der Waals surface area contributed by atoms with Crippen molar-refractivity contribution in [2.24, 2.45) is 0 Å². The summed E-state index contributed by atoms with van der Waals surface area (Å²) in [4.78, 5) is 15.3. The maximum absolute atomic E-state index is 4.51. The van der Waals surface area contributed by atoms with Crippen LogP contribution in [0, 0.1) is 0 Å². The molecule has 3 rings (SSSR count). The molecule has 0 amide bonds. The Morgan fingerprint density at radius 2 is 1.67 bits per heavy atom. The van der Waals surface area contributed by atoms with Crippen molar-refractivity contribution < 1.29 is 0 Å². The summed E-state index contributed by atoms with van der Waals surface area (Å²) in [5, 5.41) is 0. The molecule has 0 bridgehead atoms. The molecule has 3 aromatic heterocycles. The highest BCUT2D eigenvalue weighted by Gasteiger charge is 2.09. The second-order valence-corrected chi connectivity index (χ2v) is 4.91. The van der Waals surface area contributed by atoms with Crippen LogP contribution in [-0.2, 0) is 0 Å². The van der Waals surface area contributed by atoms with Gasteiger partial charge in [0.25, 0.3) is 0 Å². The molecule has 0 fully saturated rings. The fraction of sp³-hybridized carbons (Fsp3) is 0.118. The Balaban J connectivity index is 2.07. The molecule has 3 heterocycles. The molecule has 0 N–H and O–H groups in total. The van der Waals surface area contributed by atoms with Crippen LogP contribution in [-0.4, -0.2) is 29.0 Å². The van der Waals surface area contributed by atoms with Crippen LogP contribution < -0.4 is 4.90 Å². The number of nitrogens with zero attached hydrogens (tertiary/aromatic N) is 4. The van der Waals surface area contributed by atoms with Crippen LogP contribution in [0.4, 0.5) is 5.82 Å². The lowest BCUT2D eigenvalue weighted by Gasteiger charge is -2.12. The van der Waals surface area contributed by atoms with E-state index in [2.05, 4.69) is 15.0 Å². The molecule has 0 unspecified atom stereocenters. The van der Waals surface area contributed by atoms with Crippen molar-refractivity contribution in [3.8, 4) is 22.5 Å². The smallest absolute Gasteiger partial charge is 0.127 e. The van der Waals surface area contributed by atoms with Crippen LogP contribution in [0.25, 0.3) is 22.5 Å². The SMILES string of the molecule is CN(C)c1ccc(-c2ncccc2-c2ccccn2)cn1. The lowest BCUT2D eigenvalue weighted by molar-refractivity contribution is 1.07. The first kappa shape index (κ1) is 13.2. The summed E-state index contributed by atoms with van der Waals surface area (Å²) >= 11 is 0. The van der Waals surface area contributed by atoms with Gasteiger partial charge in [0.15, 0.2) is 0 Å². The summed E-state index contributed by atoms with van der Waals surface area (Å²) in [5.41, 5.74) is 3.81. The predicted octanol–water partition coefficient (Wildman–Crippen LogP) is 3.27. The van der Waals surface area contributed by atoms with Gasteiger partial charge in [-0.05, 0) is 36.4 Å². The van der Waals surface area contributed by atoms with Gasteiger partial charge in [-0.15, -0.1) is 0 Å². The minimum Gasteiger partial charge on any atom is -0.363 e. The second kappa shape index (κ2) is 5.71. The van der Waals surface area contributed by atoms with Gasteiger partial charge in [-0.3, -0.25) is 9.97 Å². The molecular weight excluding hydrogens is 260 g/mol. The standard InChI is InChI=1S/C17H16N4/c1-21(2)16-9-8-13(12-20-16)17-14(6-5-11-19-17)15-7-3-4-10-18-15/h3-12H,1-2H3. The monoisotopic (exact) mass is 276 g/mol. The van der Waals surface area contributed by atoms with Crippen molar-refractivity contribution in [1.29, 1.82) is 0 Å². The van der Waals surface area contributed by atoms with Crippen molar-refractivity contribution in [2.45, 2.75) is 0 Å². The van der Waals surface area contributed by atoms with Crippen molar-refractivity contribution >= 4 is 5.82 Å². The van der Waals surface area contributed by atoms with Gasteiger partial charge in [-0.1, -0.05) is 6.07 Å². The number of hydrogen-bond donors (Lipinski definition) is 0. The van der Waals surface area contributed by atoms with E-state index < -0.39 is 0 Å². The Labute approximate surface area is 124 Å². The molecule has 4 heteroatoms. The average molecular weight is 276 g/mol. The zero-order valence-corrected chi connectivity index (χ0v) is 12.1. The van der Waals surface area contributed by atoms with Crippen molar-refractivity contribution in [3.63, 3.8) is 0 Å². The highest BCUT2D eigenvalue weighted by molar-refractivity contribution is 5.78. The Hall–Kier alpha value is -2.75. The van der Waals surface area contributed by atoms with E-state index in [0.29, 0.717) is 0 Å². The molecule has 21 heavy (non-hydrogen) atoms. The fourth-order valence-electron chi connectivity index (χ4n) is 2.15. The molecular formula is C17H16N4. The van der Waals surface area contributed by atoms with Crippen molar-refractivity contribution in [2.75, 3.05) is 19.0 Å². The third-order valence-corrected chi connectivity index (χ3v) is 3.23. The van der Waals surface area contributed by atoms with E-state index in [9.17, 15) is 0 Å². The highest BCUT2D eigenvalue weighted by Crippen LogP contribution is 2.28. The lowest BCUT2D eigenvalue weighted by atomic mass is 10.0. The largest absolute Gasteiger partial charge is 0.363 e. The zero-order chi connectivity index (χ0) is 14.7. The molecule has 0 aromatic carbocycles. The van der Waals surface area contributed by atoms with E-state index in [1.165, 1.54) is 0 Å². The summed E-state index contributed by atoms with van der Waals surface area (Å²) < 4.78 is 0. The van der Waals surface area contributed by atoms with Gasteiger partial charge in [0.2, 0.25) is 0 Å². The second-order valence-electron chi connectivity index (χ2n) is 4.91. The first-order valence-corrected chi connectivity index (χ1v) is 6.76. The van der Waals surface area contributed by atoms with Gasteiger partial charge < -0.3 is 4.90 Å². The van der Waals surface area contributed by atoms with Gasteiger partial charge in [0, 0.05) is 43.8 Å². The van der Waals surface area contributed by atoms with Crippen LogP contribution in [0.5, 0.6) is 0 Å². The van der Waals surface area contributed by atoms with Gasteiger partial charge in [-0.2, -0.15) is 0 Å². The number of aromatic nitrogens is 3. The molecule has 0 radical (unpaired) electrons. The third kappa shape index (κ3) is 2.74. The van der Waals surface area contributed by atoms with E-state index in [0.717, 1.165) is 28.3 Å². The van der Waals surface area contributed by atoms with Crippen LogP contribution in [0.15, 0.2) is 61.1 Å². The Bertz CT molecular complexity index is 721. The lowest BCUT2D eigenvalue weighted by Crippen LogP contribution is -2.10. The summed E-state index contributed by atoms with van der Waals surface area (Å²) in [6, 6.07) is 13.9. The molecule has 0 aliphatic carbocycles. The summed E-state index contributed by atoms with van der Waals surface area (Å²) in [6.45, 7) is 0. The molecule has 4 nitrogen and oxygen atoms in total. The molecule has 0 aliphatic rings. The van der Waals surface area contributed by atoms with Crippen LogP contribution in [0.2, 0.25) is 0 Å². The van der Waals surface area contributed by atoms with Crippen LogP contribution in [0.1, 0.15) is 0 Å². The molecule has 0 aliphatic heterocycles. The quantitative estimate of drug-likeness (QED) is 0.736. The van der Waals surface area contributed by atoms with Gasteiger partial charge in [0.1, 0.15) is 5.82 Å². The number of anilines is 1. The number of pyridine rings is 3. The van der Waals surface area contributed by atoms with Gasteiger partial charge in [-0.25, -0.2) is 4.98 Å². The highest BCUT2D eigenvalue weighted by atomic mass is 15.1.